The summed E-state index contributed by atoms with van der Waals surface area (Å²) in [7, 11) is 2.17. The second kappa shape index (κ2) is 7.62. The third-order valence-corrected chi connectivity index (χ3v) is 8.21. The highest BCUT2D eigenvalue weighted by Crippen LogP contribution is 2.59. The Morgan fingerprint density at radius 3 is 2.37 bits per heavy atom. The summed E-state index contributed by atoms with van der Waals surface area (Å²) in [6.45, 7) is 2.31. The molecule has 5 rings (SSSR count). The lowest BCUT2D eigenvalue weighted by molar-refractivity contribution is 0.0250. The van der Waals surface area contributed by atoms with E-state index in [9.17, 15) is 0 Å². The summed E-state index contributed by atoms with van der Waals surface area (Å²) in [6, 6.07) is 8.57. The van der Waals surface area contributed by atoms with Gasteiger partial charge in [-0.25, -0.2) is 0 Å². The molecule has 0 aliphatic heterocycles. The largest absolute Gasteiger partial charge is 0.314 e. The van der Waals surface area contributed by atoms with Gasteiger partial charge in [-0.1, -0.05) is 44.4 Å². The van der Waals surface area contributed by atoms with Crippen molar-refractivity contribution in [2.45, 2.75) is 81.4 Å². The molecule has 0 atom stereocenters. The van der Waals surface area contributed by atoms with Crippen LogP contribution in [0.1, 0.15) is 77.0 Å². The number of unbranched alkanes of at least 4 members (excludes halogenated alkanes) is 2. The summed E-state index contributed by atoms with van der Waals surface area (Å²) in [6.07, 6.45) is 15.8. The van der Waals surface area contributed by atoms with Crippen LogP contribution < -0.4 is 0 Å². The van der Waals surface area contributed by atoms with Crippen molar-refractivity contribution in [1.29, 1.82) is 0 Å². The first-order valence-corrected chi connectivity index (χ1v) is 11.9. The summed E-state index contributed by atoms with van der Waals surface area (Å²) in [4.78, 5) is 1.28. The van der Waals surface area contributed by atoms with Gasteiger partial charge in [0.15, 0.2) is 5.82 Å². The molecule has 0 spiro atoms. The fourth-order valence-electron chi connectivity index (χ4n) is 5.58. The van der Waals surface area contributed by atoms with Crippen LogP contribution in [0.2, 0.25) is 0 Å². The molecule has 0 N–H and O–H groups in total. The van der Waals surface area contributed by atoms with E-state index in [1.54, 1.807) is 11.8 Å². The zero-order valence-corrected chi connectivity index (χ0v) is 17.9. The number of thioether (sulfide) groups is 1. The van der Waals surface area contributed by atoms with E-state index in [0.717, 1.165) is 5.82 Å². The second-order valence-corrected chi connectivity index (χ2v) is 9.69. The molecule has 2 bridgehead atoms. The number of nitrogens with zero attached hydrogens (tertiary/aromatic N) is 3. The lowest BCUT2D eigenvalue weighted by Gasteiger charge is -2.53. The molecule has 3 saturated carbocycles. The van der Waals surface area contributed by atoms with Crippen molar-refractivity contribution >= 4 is 11.8 Å². The average Bonchev–Trinajstić information content (AvgIpc) is 3.11. The van der Waals surface area contributed by atoms with Gasteiger partial charge in [0.25, 0.3) is 0 Å². The molecule has 1 aromatic heterocycles. The Kier molecular flexibility index (Phi) is 5.37. The third kappa shape index (κ3) is 3.35. The molecule has 0 unspecified atom stereocenters. The summed E-state index contributed by atoms with van der Waals surface area (Å²) >= 11 is 1.78. The monoisotopic (exact) mass is 383 g/mol. The second-order valence-electron chi connectivity index (χ2n) is 8.84. The molecule has 3 fully saturated rings. The molecule has 3 aliphatic carbocycles. The van der Waals surface area contributed by atoms with Crippen molar-refractivity contribution in [3.8, 4) is 11.4 Å². The third-order valence-electron chi connectivity index (χ3n) is 7.41. The van der Waals surface area contributed by atoms with Gasteiger partial charge in [-0.05, 0) is 62.7 Å². The highest BCUT2D eigenvalue weighted by Gasteiger charge is 2.51. The minimum absolute atomic E-state index is 0.265. The van der Waals surface area contributed by atoms with Crippen LogP contribution in [-0.2, 0) is 12.5 Å². The Bertz CT molecular complexity index is 770. The normalized spacial score (nSPS) is 27.2. The minimum atomic E-state index is 0.265. The Morgan fingerprint density at radius 2 is 1.70 bits per heavy atom. The summed E-state index contributed by atoms with van der Waals surface area (Å²) in [5.41, 5.74) is 2.12. The van der Waals surface area contributed by atoms with Crippen LogP contribution in [0.3, 0.4) is 0 Å². The first-order chi connectivity index (χ1) is 13.1. The Hall–Kier alpha value is -1.29. The first kappa shape index (κ1) is 19.0. The highest BCUT2D eigenvalue weighted by atomic mass is 32.2. The summed E-state index contributed by atoms with van der Waals surface area (Å²) in [5.74, 6) is 2.25. The fourth-order valence-corrected chi connectivity index (χ4v) is 6.17. The van der Waals surface area contributed by atoms with E-state index < -0.39 is 0 Å². The lowest BCUT2D eigenvalue weighted by Crippen LogP contribution is -2.45. The van der Waals surface area contributed by atoms with Gasteiger partial charge in [0.2, 0.25) is 0 Å². The predicted octanol–water partition coefficient (Wildman–Crippen LogP) is 6.38. The number of benzene rings is 1. The zero-order chi connectivity index (χ0) is 18.9. The molecule has 3 nitrogen and oxygen atoms in total. The lowest BCUT2D eigenvalue weighted by atomic mass is 9.52. The van der Waals surface area contributed by atoms with Crippen molar-refractivity contribution in [3.63, 3.8) is 0 Å². The van der Waals surface area contributed by atoms with Crippen molar-refractivity contribution in [1.82, 2.24) is 14.8 Å². The van der Waals surface area contributed by atoms with Crippen LogP contribution in [0.25, 0.3) is 11.4 Å². The zero-order valence-electron chi connectivity index (χ0n) is 17.1. The SMILES string of the molecule is CCCCCC12CCC(c3nnc(-c4ccccc4SC)n3C)(CC1)CC2. The molecule has 27 heavy (non-hydrogen) atoms. The maximum atomic E-state index is 4.76. The van der Waals surface area contributed by atoms with Crippen molar-refractivity contribution in [3.05, 3.63) is 30.1 Å². The Balaban J connectivity index is 1.57. The maximum Gasteiger partial charge on any atom is 0.164 e. The van der Waals surface area contributed by atoms with Crippen LogP contribution in [0.4, 0.5) is 0 Å². The van der Waals surface area contributed by atoms with E-state index in [1.807, 2.05) is 0 Å². The molecule has 1 aromatic carbocycles. The van der Waals surface area contributed by atoms with Crippen molar-refractivity contribution < 1.29 is 0 Å². The van der Waals surface area contributed by atoms with E-state index >= 15 is 0 Å². The van der Waals surface area contributed by atoms with Gasteiger partial charge < -0.3 is 4.57 Å². The number of rotatable bonds is 7. The molecule has 1 heterocycles. The Morgan fingerprint density at radius 1 is 1.00 bits per heavy atom. The van der Waals surface area contributed by atoms with E-state index in [-0.39, 0.29) is 5.41 Å². The first-order valence-electron chi connectivity index (χ1n) is 10.7. The molecule has 0 radical (unpaired) electrons. The summed E-state index contributed by atoms with van der Waals surface area (Å²) < 4.78 is 2.30. The molecule has 4 heteroatoms. The topological polar surface area (TPSA) is 30.7 Å². The standard InChI is InChI=1S/C23H33N3S/c1-4-5-8-11-22-12-15-23(16-13-22,17-14-22)21-25-24-20(26(21)2)18-9-6-7-10-19(18)27-3/h6-7,9-10H,4-5,8,11-17H2,1-3H3. The minimum Gasteiger partial charge on any atom is -0.314 e. The maximum absolute atomic E-state index is 4.76. The van der Waals surface area contributed by atoms with Crippen LogP contribution in [0, 0.1) is 5.41 Å². The van der Waals surface area contributed by atoms with Crippen molar-refractivity contribution in [2.75, 3.05) is 6.26 Å². The van der Waals surface area contributed by atoms with Crippen LogP contribution >= 0.6 is 11.8 Å². The molecule has 0 saturated heterocycles. The van der Waals surface area contributed by atoms with Gasteiger partial charge in [0, 0.05) is 22.9 Å². The van der Waals surface area contributed by atoms with Gasteiger partial charge in [0.1, 0.15) is 5.82 Å². The highest BCUT2D eigenvalue weighted by molar-refractivity contribution is 7.98. The number of fused-ring (bicyclic) bond motifs is 3. The van der Waals surface area contributed by atoms with Gasteiger partial charge in [0.05, 0.1) is 0 Å². The van der Waals surface area contributed by atoms with E-state index in [1.165, 1.54) is 80.5 Å². The fraction of sp³-hybridized carbons (Fsp3) is 0.652. The molecule has 0 amide bonds. The number of hydrogen-bond donors (Lipinski definition) is 0. The smallest absolute Gasteiger partial charge is 0.164 e. The van der Waals surface area contributed by atoms with Gasteiger partial charge in [-0.15, -0.1) is 22.0 Å². The van der Waals surface area contributed by atoms with Crippen LogP contribution in [0.15, 0.2) is 29.2 Å². The summed E-state index contributed by atoms with van der Waals surface area (Å²) in [5, 5.41) is 9.42. The number of hydrogen-bond acceptors (Lipinski definition) is 3. The van der Waals surface area contributed by atoms with Crippen molar-refractivity contribution in [2.24, 2.45) is 12.5 Å². The predicted molar refractivity (Wildman–Crippen MR) is 114 cm³/mol. The van der Waals surface area contributed by atoms with Gasteiger partial charge >= 0.3 is 0 Å². The van der Waals surface area contributed by atoms with Gasteiger partial charge in [-0.3, -0.25) is 0 Å². The van der Waals surface area contributed by atoms with E-state index in [0.29, 0.717) is 5.41 Å². The van der Waals surface area contributed by atoms with Gasteiger partial charge in [-0.2, -0.15) is 0 Å². The quantitative estimate of drug-likeness (QED) is 0.411. The van der Waals surface area contributed by atoms with Crippen LogP contribution in [0.5, 0.6) is 0 Å². The molecular formula is C23H33N3S. The van der Waals surface area contributed by atoms with E-state index in [2.05, 4.69) is 54.2 Å². The molecule has 3 aliphatic rings. The van der Waals surface area contributed by atoms with E-state index in [4.69, 9.17) is 5.10 Å². The molecular weight excluding hydrogens is 350 g/mol. The number of aromatic nitrogens is 3. The Labute approximate surface area is 168 Å². The molecule has 146 valence electrons. The molecule has 2 aromatic rings. The average molecular weight is 384 g/mol. The van der Waals surface area contributed by atoms with Crippen LogP contribution in [-0.4, -0.2) is 21.0 Å².